The molecule has 0 aromatic heterocycles. The Balaban J connectivity index is 1.93. The normalized spacial score (nSPS) is 11.8. The van der Waals surface area contributed by atoms with E-state index in [1.165, 1.54) is 18.2 Å². The van der Waals surface area contributed by atoms with Gasteiger partial charge in [0.2, 0.25) is 0 Å². The maximum Gasteiger partial charge on any atom is 0.261 e. The predicted octanol–water partition coefficient (Wildman–Crippen LogP) is 4.21. The Labute approximate surface area is 155 Å². The van der Waals surface area contributed by atoms with E-state index in [1.807, 2.05) is 31.2 Å². The van der Waals surface area contributed by atoms with Crippen molar-refractivity contribution in [1.29, 1.82) is 0 Å². The van der Waals surface area contributed by atoms with Crippen LogP contribution in [0, 0.1) is 5.82 Å². The molecular formula is C19H21BrFNO3. The number of hydrogen-bond acceptors (Lipinski definition) is 3. The first-order chi connectivity index (χ1) is 12.0. The van der Waals surface area contributed by atoms with E-state index in [0.29, 0.717) is 30.0 Å². The summed E-state index contributed by atoms with van der Waals surface area (Å²) in [6.07, 6.45) is -0.708. The van der Waals surface area contributed by atoms with Gasteiger partial charge in [0.1, 0.15) is 11.6 Å². The van der Waals surface area contributed by atoms with Gasteiger partial charge in [-0.3, -0.25) is 4.79 Å². The van der Waals surface area contributed by atoms with Gasteiger partial charge in [0, 0.05) is 13.2 Å². The summed E-state index contributed by atoms with van der Waals surface area (Å²) in [5, 5.41) is 2.86. The third-order valence-electron chi connectivity index (χ3n) is 3.60. The maximum atomic E-state index is 13.1. The molecule has 2 rings (SSSR count). The van der Waals surface area contributed by atoms with Crippen LogP contribution in [0.15, 0.2) is 46.9 Å². The molecule has 6 heteroatoms. The molecule has 1 N–H and O–H groups in total. The Hall–Kier alpha value is -1.92. The van der Waals surface area contributed by atoms with Gasteiger partial charge >= 0.3 is 0 Å². The Morgan fingerprint density at radius 3 is 2.64 bits per heavy atom. The first kappa shape index (κ1) is 19.4. The van der Waals surface area contributed by atoms with E-state index in [-0.39, 0.29) is 11.7 Å². The SMILES string of the molecule is CCOCc1ccccc1CNC(=O)[C@H](C)Oc1ccc(F)cc1Br. The van der Waals surface area contributed by atoms with Gasteiger partial charge in [-0.2, -0.15) is 0 Å². The topological polar surface area (TPSA) is 47.6 Å². The lowest BCUT2D eigenvalue weighted by Gasteiger charge is -2.16. The van der Waals surface area contributed by atoms with Crippen LogP contribution in [0.5, 0.6) is 5.75 Å². The average molecular weight is 410 g/mol. The molecule has 0 saturated carbocycles. The fourth-order valence-corrected chi connectivity index (χ4v) is 2.67. The van der Waals surface area contributed by atoms with Gasteiger partial charge in [0.05, 0.1) is 11.1 Å². The van der Waals surface area contributed by atoms with Gasteiger partial charge in [-0.1, -0.05) is 24.3 Å². The largest absolute Gasteiger partial charge is 0.480 e. The highest BCUT2D eigenvalue weighted by atomic mass is 79.9. The van der Waals surface area contributed by atoms with E-state index in [2.05, 4.69) is 21.2 Å². The van der Waals surface area contributed by atoms with Gasteiger partial charge in [0.25, 0.3) is 5.91 Å². The highest BCUT2D eigenvalue weighted by Gasteiger charge is 2.16. The third-order valence-corrected chi connectivity index (χ3v) is 4.22. The minimum Gasteiger partial charge on any atom is -0.480 e. The molecule has 25 heavy (non-hydrogen) atoms. The Morgan fingerprint density at radius 2 is 1.96 bits per heavy atom. The fraction of sp³-hybridized carbons (Fsp3) is 0.316. The molecule has 1 atom stereocenters. The van der Waals surface area contributed by atoms with Crippen LogP contribution in [0.2, 0.25) is 0 Å². The molecule has 2 aromatic rings. The van der Waals surface area contributed by atoms with Crippen molar-refractivity contribution in [2.75, 3.05) is 6.61 Å². The highest BCUT2D eigenvalue weighted by molar-refractivity contribution is 9.10. The zero-order valence-electron chi connectivity index (χ0n) is 14.2. The summed E-state index contributed by atoms with van der Waals surface area (Å²) >= 11 is 3.22. The predicted molar refractivity (Wildman–Crippen MR) is 97.8 cm³/mol. The lowest BCUT2D eigenvalue weighted by atomic mass is 10.1. The second-order valence-electron chi connectivity index (χ2n) is 5.46. The molecule has 0 heterocycles. The summed E-state index contributed by atoms with van der Waals surface area (Å²) in [6.45, 7) is 5.13. The standard InChI is InChI=1S/C19H21BrFNO3/c1-3-24-12-15-7-5-4-6-14(15)11-22-19(23)13(2)25-18-9-8-16(21)10-17(18)20/h4-10,13H,3,11-12H2,1-2H3,(H,22,23)/t13-/m0/s1. The number of nitrogens with one attached hydrogen (secondary N) is 1. The molecule has 134 valence electrons. The summed E-state index contributed by atoms with van der Waals surface area (Å²) in [6, 6.07) is 11.9. The van der Waals surface area contributed by atoms with E-state index < -0.39 is 6.10 Å². The van der Waals surface area contributed by atoms with Crippen LogP contribution in [0.25, 0.3) is 0 Å². The third kappa shape index (κ3) is 5.83. The smallest absolute Gasteiger partial charge is 0.261 e. The first-order valence-corrected chi connectivity index (χ1v) is 8.84. The quantitative estimate of drug-likeness (QED) is 0.710. The van der Waals surface area contributed by atoms with Crippen molar-refractivity contribution >= 4 is 21.8 Å². The van der Waals surface area contributed by atoms with Gasteiger partial charge in [-0.25, -0.2) is 4.39 Å². The zero-order chi connectivity index (χ0) is 18.2. The molecule has 0 aliphatic rings. The second-order valence-corrected chi connectivity index (χ2v) is 6.31. The van der Waals surface area contributed by atoms with Crippen molar-refractivity contribution < 1.29 is 18.7 Å². The number of carbonyl (C=O) groups excluding carboxylic acids is 1. The molecule has 0 radical (unpaired) electrons. The summed E-state index contributed by atoms with van der Waals surface area (Å²) in [4.78, 5) is 12.3. The Kier molecular flexibility index (Phi) is 7.40. The summed E-state index contributed by atoms with van der Waals surface area (Å²) in [5.41, 5.74) is 2.04. The van der Waals surface area contributed by atoms with E-state index in [1.54, 1.807) is 6.92 Å². The second kappa shape index (κ2) is 9.53. The fourth-order valence-electron chi connectivity index (χ4n) is 2.22. The number of benzene rings is 2. The molecule has 0 bridgehead atoms. The minimum atomic E-state index is -0.708. The molecular weight excluding hydrogens is 389 g/mol. The molecule has 4 nitrogen and oxygen atoms in total. The van der Waals surface area contributed by atoms with E-state index in [9.17, 15) is 9.18 Å². The van der Waals surface area contributed by atoms with Crippen molar-refractivity contribution in [1.82, 2.24) is 5.32 Å². The lowest BCUT2D eigenvalue weighted by molar-refractivity contribution is -0.127. The molecule has 0 saturated heterocycles. The van der Waals surface area contributed by atoms with Crippen molar-refractivity contribution in [3.8, 4) is 5.75 Å². The van der Waals surface area contributed by atoms with E-state index in [4.69, 9.17) is 9.47 Å². The molecule has 0 fully saturated rings. The van der Waals surface area contributed by atoms with Crippen molar-refractivity contribution in [2.45, 2.75) is 33.1 Å². The van der Waals surface area contributed by atoms with Crippen molar-refractivity contribution in [2.24, 2.45) is 0 Å². The molecule has 2 aromatic carbocycles. The maximum absolute atomic E-state index is 13.1. The van der Waals surface area contributed by atoms with Crippen LogP contribution in [-0.2, 0) is 22.7 Å². The lowest BCUT2D eigenvalue weighted by Crippen LogP contribution is -2.36. The first-order valence-electron chi connectivity index (χ1n) is 8.05. The van der Waals surface area contributed by atoms with Crippen molar-refractivity contribution in [3.05, 3.63) is 63.9 Å². The summed E-state index contributed by atoms with van der Waals surface area (Å²) < 4.78 is 24.6. The molecule has 0 aliphatic heterocycles. The number of carbonyl (C=O) groups is 1. The highest BCUT2D eigenvalue weighted by Crippen LogP contribution is 2.26. The average Bonchev–Trinajstić information content (AvgIpc) is 2.60. The van der Waals surface area contributed by atoms with E-state index in [0.717, 1.165) is 11.1 Å². The van der Waals surface area contributed by atoms with Crippen LogP contribution in [-0.4, -0.2) is 18.6 Å². The van der Waals surface area contributed by atoms with Gasteiger partial charge < -0.3 is 14.8 Å². The Bertz CT molecular complexity index is 724. The number of hydrogen-bond donors (Lipinski definition) is 1. The van der Waals surface area contributed by atoms with Crippen LogP contribution in [0.4, 0.5) is 4.39 Å². The minimum absolute atomic E-state index is 0.248. The van der Waals surface area contributed by atoms with Gasteiger partial charge in [-0.15, -0.1) is 0 Å². The van der Waals surface area contributed by atoms with E-state index >= 15 is 0 Å². The number of halogens is 2. The monoisotopic (exact) mass is 409 g/mol. The van der Waals surface area contributed by atoms with Crippen LogP contribution in [0.1, 0.15) is 25.0 Å². The molecule has 0 unspecified atom stereocenters. The van der Waals surface area contributed by atoms with Gasteiger partial charge in [0.15, 0.2) is 6.10 Å². The van der Waals surface area contributed by atoms with Crippen LogP contribution < -0.4 is 10.1 Å². The molecule has 0 spiro atoms. The van der Waals surface area contributed by atoms with Crippen molar-refractivity contribution in [3.63, 3.8) is 0 Å². The number of ether oxygens (including phenoxy) is 2. The molecule has 0 aliphatic carbocycles. The summed E-state index contributed by atoms with van der Waals surface area (Å²) in [7, 11) is 0. The molecule has 1 amide bonds. The van der Waals surface area contributed by atoms with Crippen LogP contribution in [0.3, 0.4) is 0 Å². The van der Waals surface area contributed by atoms with Gasteiger partial charge in [-0.05, 0) is 59.1 Å². The summed E-state index contributed by atoms with van der Waals surface area (Å²) in [5.74, 6) is -0.203. The van der Waals surface area contributed by atoms with Crippen LogP contribution >= 0.6 is 15.9 Å². The zero-order valence-corrected chi connectivity index (χ0v) is 15.8. The number of rotatable bonds is 8. The number of amides is 1. The Morgan fingerprint density at radius 1 is 1.24 bits per heavy atom.